The van der Waals surface area contributed by atoms with Crippen LogP contribution in [0, 0.1) is 6.92 Å². The molecular weight excluding hydrogens is 250 g/mol. The molecule has 2 heterocycles. The van der Waals surface area contributed by atoms with E-state index < -0.39 is 0 Å². The average Bonchev–Trinajstić information content (AvgIpc) is 2.82. The Kier molecular flexibility index (Phi) is 5.10. The van der Waals surface area contributed by atoms with E-state index in [4.69, 9.17) is 4.74 Å². The van der Waals surface area contributed by atoms with Gasteiger partial charge < -0.3 is 15.4 Å². The largest absolute Gasteiger partial charge is 0.376 e. The van der Waals surface area contributed by atoms with Crippen LogP contribution >= 0.6 is 11.3 Å². The number of amides is 1. The molecule has 0 atom stereocenters. The lowest BCUT2D eigenvalue weighted by Gasteiger charge is -2.22. The van der Waals surface area contributed by atoms with Crippen molar-refractivity contribution in [3.63, 3.8) is 0 Å². The van der Waals surface area contributed by atoms with E-state index in [0.29, 0.717) is 24.1 Å². The van der Waals surface area contributed by atoms with Crippen LogP contribution in [0.1, 0.15) is 28.2 Å². The fraction of sp³-hybridized carbons (Fsp3) is 0.667. The molecule has 1 amide bonds. The average molecular weight is 269 g/mol. The summed E-state index contributed by atoms with van der Waals surface area (Å²) in [6.07, 6.45) is 2.46. The predicted molar refractivity (Wildman–Crippen MR) is 71.0 cm³/mol. The molecule has 18 heavy (non-hydrogen) atoms. The summed E-state index contributed by atoms with van der Waals surface area (Å²) < 4.78 is 5.71. The van der Waals surface area contributed by atoms with Crippen LogP contribution in [0.15, 0.2) is 5.51 Å². The zero-order valence-corrected chi connectivity index (χ0v) is 11.4. The molecule has 0 saturated carbocycles. The lowest BCUT2D eigenvalue weighted by molar-refractivity contribution is 0.0343. The summed E-state index contributed by atoms with van der Waals surface area (Å²) in [6.45, 7) is 5.03. The molecule has 2 rings (SSSR count). The molecule has 0 aromatic carbocycles. The van der Waals surface area contributed by atoms with Crippen LogP contribution < -0.4 is 10.6 Å². The topological polar surface area (TPSA) is 63.2 Å². The van der Waals surface area contributed by atoms with Crippen molar-refractivity contribution in [1.82, 2.24) is 15.6 Å². The Morgan fingerprint density at radius 2 is 2.39 bits per heavy atom. The van der Waals surface area contributed by atoms with Crippen molar-refractivity contribution in [2.45, 2.75) is 25.9 Å². The summed E-state index contributed by atoms with van der Waals surface area (Å²) in [4.78, 5) is 16.5. The fourth-order valence-electron chi connectivity index (χ4n) is 1.95. The van der Waals surface area contributed by atoms with Crippen molar-refractivity contribution in [3.8, 4) is 0 Å². The molecule has 0 unspecified atom stereocenters. The number of nitrogens with zero attached hydrogens (tertiary/aromatic N) is 1. The quantitative estimate of drug-likeness (QED) is 0.781. The van der Waals surface area contributed by atoms with Gasteiger partial charge in [-0.1, -0.05) is 0 Å². The van der Waals surface area contributed by atoms with Crippen molar-refractivity contribution >= 4 is 17.2 Å². The van der Waals surface area contributed by atoms with Gasteiger partial charge in [0, 0.05) is 6.54 Å². The first-order chi connectivity index (χ1) is 8.77. The van der Waals surface area contributed by atoms with Crippen LogP contribution in [-0.2, 0) is 4.74 Å². The lowest BCUT2D eigenvalue weighted by atomic mass is 10.1. The standard InChI is InChI=1S/C12H19N3O2S/c1-9-11(18-8-15-9)12(16)14-6-7-17-10-2-4-13-5-3-10/h8,10,13H,2-7H2,1H3,(H,14,16). The van der Waals surface area contributed by atoms with E-state index >= 15 is 0 Å². The molecule has 0 bridgehead atoms. The summed E-state index contributed by atoms with van der Waals surface area (Å²) in [5.41, 5.74) is 2.48. The highest BCUT2D eigenvalue weighted by Gasteiger charge is 2.14. The van der Waals surface area contributed by atoms with Gasteiger partial charge in [-0.05, 0) is 32.9 Å². The zero-order chi connectivity index (χ0) is 12.8. The van der Waals surface area contributed by atoms with Gasteiger partial charge in [-0.15, -0.1) is 11.3 Å². The molecule has 1 aromatic heterocycles. The highest BCUT2D eigenvalue weighted by Crippen LogP contribution is 2.11. The lowest BCUT2D eigenvalue weighted by Crippen LogP contribution is -2.34. The molecule has 1 aliphatic rings. The molecule has 100 valence electrons. The maximum absolute atomic E-state index is 11.8. The third kappa shape index (κ3) is 3.76. The highest BCUT2D eigenvalue weighted by molar-refractivity contribution is 7.11. The number of aryl methyl sites for hydroxylation is 1. The van der Waals surface area contributed by atoms with E-state index in [9.17, 15) is 4.79 Å². The van der Waals surface area contributed by atoms with Crippen molar-refractivity contribution in [2.75, 3.05) is 26.2 Å². The number of piperidine rings is 1. The van der Waals surface area contributed by atoms with E-state index in [0.717, 1.165) is 31.6 Å². The van der Waals surface area contributed by atoms with Gasteiger partial charge in [0.05, 0.1) is 23.9 Å². The third-order valence-electron chi connectivity index (χ3n) is 2.98. The number of carbonyl (C=O) groups excluding carboxylic acids is 1. The van der Waals surface area contributed by atoms with Crippen LogP contribution in [0.3, 0.4) is 0 Å². The van der Waals surface area contributed by atoms with Gasteiger partial charge in [0.25, 0.3) is 5.91 Å². The monoisotopic (exact) mass is 269 g/mol. The summed E-state index contributed by atoms with van der Waals surface area (Å²) in [5.74, 6) is -0.0519. The number of hydrogen-bond donors (Lipinski definition) is 2. The first-order valence-electron chi connectivity index (χ1n) is 6.28. The number of thiazole rings is 1. The molecule has 1 aromatic rings. The van der Waals surface area contributed by atoms with Gasteiger partial charge in [-0.2, -0.15) is 0 Å². The van der Waals surface area contributed by atoms with Crippen molar-refractivity contribution in [2.24, 2.45) is 0 Å². The second-order valence-corrected chi connectivity index (χ2v) is 5.20. The predicted octanol–water partition coefficient (Wildman–Crippen LogP) is 0.950. The Labute approximate surface area is 111 Å². The van der Waals surface area contributed by atoms with E-state index in [2.05, 4.69) is 15.6 Å². The number of aromatic nitrogens is 1. The Morgan fingerprint density at radius 3 is 3.06 bits per heavy atom. The Bertz CT molecular complexity index is 388. The van der Waals surface area contributed by atoms with Gasteiger partial charge in [0.1, 0.15) is 4.88 Å². The van der Waals surface area contributed by atoms with Crippen LogP contribution in [0.25, 0.3) is 0 Å². The minimum absolute atomic E-state index is 0.0519. The van der Waals surface area contributed by atoms with Crippen LogP contribution in [0.2, 0.25) is 0 Å². The minimum atomic E-state index is -0.0519. The van der Waals surface area contributed by atoms with Crippen molar-refractivity contribution in [3.05, 3.63) is 16.1 Å². The summed E-state index contributed by atoms with van der Waals surface area (Å²) in [7, 11) is 0. The minimum Gasteiger partial charge on any atom is -0.376 e. The Hall–Kier alpha value is -0.980. The molecule has 6 heteroatoms. The zero-order valence-electron chi connectivity index (χ0n) is 10.6. The van der Waals surface area contributed by atoms with Gasteiger partial charge in [0.15, 0.2) is 0 Å². The first kappa shape index (κ1) is 13.5. The normalized spacial score (nSPS) is 16.7. The second-order valence-electron chi connectivity index (χ2n) is 4.34. The molecule has 1 saturated heterocycles. The molecular formula is C12H19N3O2S. The first-order valence-corrected chi connectivity index (χ1v) is 7.16. The second kappa shape index (κ2) is 6.82. The maximum Gasteiger partial charge on any atom is 0.263 e. The Balaban J connectivity index is 1.63. The molecule has 1 aliphatic heterocycles. The molecule has 2 N–H and O–H groups in total. The maximum atomic E-state index is 11.8. The van der Waals surface area contributed by atoms with E-state index in [-0.39, 0.29) is 5.91 Å². The molecule has 5 nitrogen and oxygen atoms in total. The Morgan fingerprint density at radius 1 is 1.61 bits per heavy atom. The highest BCUT2D eigenvalue weighted by atomic mass is 32.1. The van der Waals surface area contributed by atoms with Crippen LogP contribution in [0.4, 0.5) is 0 Å². The van der Waals surface area contributed by atoms with Crippen molar-refractivity contribution in [1.29, 1.82) is 0 Å². The van der Waals surface area contributed by atoms with Gasteiger partial charge in [0.2, 0.25) is 0 Å². The number of rotatable bonds is 5. The number of ether oxygens (including phenoxy) is 1. The van der Waals surface area contributed by atoms with Crippen LogP contribution in [-0.4, -0.2) is 43.2 Å². The van der Waals surface area contributed by atoms with Gasteiger partial charge in [-0.3, -0.25) is 4.79 Å². The van der Waals surface area contributed by atoms with Gasteiger partial charge in [-0.25, -0.2) is 4.98 Å². The fourth-order valence-corrected chi connectivity index (χ4v) is 2.67. The third-order valence-corrected chi connectivity index (χ3v) is 3.91. The molecule has 1 fully saturated rings. The molecule has 0 aliphatic carbocycles. The number of hydrogen-bond acceptors (Lipinski definition) is 5. The smallest absolute Gasteiger partial charge is 0.263 e. The summed E-state index contributed by atoms with van der Waals surface area (Å²) >= 11 is 1.37. The SMILES string of the molecule is Cc1ncsc1C(=O)NCCOC1CCNCC1. The molecule has 0 spiro atoms. The van der Waals surface area contributed by atoms with E-state index in [1.807, 2.05) is 6.92 Å². The number of nitrogens with one attached hydrogen (secondary N) is 2. The summed E-state index contributed by atoms with van der Waals surface area (Å²) in [6, 6.07) is 0. The van der Waals surface area contributed by atoms with Gasteiger partial charge >= 0.3 is 0 Å². The number of carbonyl (C=O) groups is 1. The van der Waals surface area contributed by atoms with Crippen molar-refractivity contribution < 1.29 is 9.53 Å². The molecule has 0 radical (unpaired) electrons. The van der Waals surface area contributed by atoms with Crippen LogP contribution in [0.5, 0.6) is 0 Å². The van der Waals surface area contributed by atoms with E-state index in [1.165, 1.54) is 11.3 Å². The summed E-state index contributed by atoms with van der Waals surface area (Å²) in [5, 5.41) is 6.15. The van der Waals surface area contributed by atoms with E-state index in [1.54, 1.807) is 5.51 Å².